The minimum Gasteiger partial charge on any atom is -0.467 e. The highest BCUT2D eigenvalue weighted by Crippen LogP contribution is 2.31. The summed E-state index contributed by atoms with van der Waals surface area (Å²) >= 11 is 0. The molecule has 3 aliphatic rings. The number of rotatable bonds is 6. The third-order valence-electron chi connectivity index (χ3n) is 6.22. The van der Waals surface area contributed by atoms with Crippen molar-refractivity contribution in [3.8, 4) is 0 Å². The Hall–Kier alpha value is -0.900. The van der Waals surface area contributed by atoms with Crippen LogP contribution in [0.1, 0.15) is 19.8 Å². The van der Waals surface area contributed by atoms with Gasteiger partial charge < -0.3 is 62.5 Å². The van der Waals surface area contributed by atoms with E-state index in [-0.39, 0.29) is 13.2 Å². The van der Waals surface area contributed by atoms with Crippen LogP contribution in [0.3, 0.4) is 0 Å². The van der Waals surface area contributed by atoms with E-state index < -0.39 is 66.8 Å². The molecular formula is C19H37N5O7. The summed E-state index contributed by atoms with van der Waals surface area (Å²) in [7, 11) is 1.62. The summed E-state index contributed by atoms with van der Waals surface area (Å²) in [6, 6.07) is -2.37. The average molecular weight is 448 g/mol. The van der Waals surface area contributed by atoms with Gasteiger partial charge in [0, 0.05) is 12.1 Å². The third kappa shape index (κ3) is 5.20. The molecule has 0 aromatic rings. The Bertz CT molecular complexity index is 639. The van der Waals surface area contributed by atoms with E-state index in [2.05, 4.69) is 5.32 Å². The first-order chi connectivity index (χ1) is 14.6. The maximum absolute atomic E-state index is 11.0. The van der Waals surface area contributed by atoms with Gasteiger partial charge in [-0.15, -0.1) is 0 Å². The topological polar surface area (TPSA) is 214 Å². The van der Waals surface area contributed by atoms with Crippen LogP contribution in [0.5, 0.6) is 0 Å². The van der Waals surface area contributed by atoms with E-state index in [9.17, 15) is 15.3 Å². The molecule has 2 aliphatic heterocycles. The van der Waals surface area contributed by atoms with Gasteiger partial charge in [0.15, 0.2) is 6.29 Å². The molecule has 12 nitrogen and oxygen atoms in total. The van der Waals surface area contributed by atoms with Crippen molar-refractivity contribution in [1.82, 2.24) is 5.32 Å². The minimum absolute atomic E-state index is 0.0727. The number of likely N-dealkylation sites (N-methyl/N-ethyl adjacent to an activating group) is 1. The van der Waals surface area contributed by atoms with Crippen LogP contribution in [-0.4, -0.2) is 102 Å². The Balaban J connectivity index is 1.69. The van der Waals surface area contributed by atoms with Gasteiger partial charge in [0.25, 0.3) is 0 Å². The van der Waals surface area contributed by atoms with Gasteiger partial charge in [0.05, 0.1) is 25.2 Å². The molecule has 12 heteroatoms. The average Bonchev–Trinajstić information content (AvgIpc) is 2.71. The first-order valence-electron chi connectivity index (χ1n) is 10.6. The fourth-order valence-corrected chi connectivity index (χ4v) is 4.44. The van der Waals surface area contributed by atoms with E-state index in [4.69, 9.17) is 41.9 Å². The fourth-order valence-electron chi connectivity index (χ4n) is 4.44. The monoisotopic (exact) mass is 447 g/mol. The van der Waals surface area contributed by atoms with E-state index in [1.807, 2.05) is 0 Å². The molecule has 0 aromatic carbocycles. The zero-order chi connectivity index (χ0) is 22.9. The van der Waals surface area contributed by atoms with E-state index in [0.717, 1.165) is 0 Å². The SMILES string of the molecule is CN[C@@H]1[C@H](O)[C@@H](O[C@@H]2[C@@H](O)[C@@H](O[C@H]3OC(CN)=CC[C@H]3N)[C@@H](N)C[C@H]2N)OC[C@]1(C)O. The van der Waals surface area contributed by atoms with Gasteiger partial charge in [-0.05, 0) is 32.9 Å². The van der Waals surface area contributed by atoms with Crippen molar-refractivity contribution in [2.45, 2.75) is 86.5 Å². The molecule has 0 bridgehead atoms. The molecule has 31 heavy (non-hydrogen) atoms. The highest BCUT2D eigenvalue weighted by atomic mass is 16.7. The predicted octanol–water partition coefficient (Wildman–Crippen LogP) is -3.85. The molecule has 3 rings (SSSR count). The third-order valence-corrected chi connectivity index (χ3v) is 6.22. The Morgan fingerprint density at radius 1 is 1.10 bits per heavy atom. The van der Waals surface area contributed by atoms with Crippen molar-refractivity contribution < 1.29 is 34.3 Å². The number of hydrogen-bond donors (Lipinski definition) is 8. The normalized spacial score (nSPS) is 48.7. The van der Waals surface area contributed by atoms with Crippen molar-refractivity contribution in [2.24, 2.45) is 22.9 Å². The number of ether oxygens (including phenoxy) is 4. The number of nitrogens with one attached hydrogen (secondary N) is 1. The Morgan fingerprint density at radius 3 is 2.29 bits per heavy atom. The van der Waals surface area contributed by atoms with Crippen LogP contribution in [0.2, 0.25) is 0 Å². The van der Waals surface area contributed by atoms with Gasteiger partial charge in [-0.3, -0.25) is 0 Å². The summed E-state index contributed by atoms with van der Waals surface area (Å²) in [6.45, 7) is 1.68. The standard InChI is InChI=1S/C19H37N5O7/c1-19(27)7-28-18(13(26)16(19)24-2)31-15-11(23)5-10(22)14(12(15)25)30-17-9(21)4-3-8(6-20)29-17/h3,9-18,24-27H,4-7,20-23H2,1-2H3/t9-,10+,11-,12+,13+,14+,15+,16-,17-,18-,19+/m1/s1. The molecule has 0 unspecified atom stereocenters. The van der Waals surface area contributed by atoms with Crippen LogP contribution in [0, 0.1) is 0 Å². The van der Waals surface area contributed by atoms with Crippen LogP contribution in [0.15, 0.2) is 11.8 Å². The lowest BCUT2D eigenvalue weighted by molar-refractivity contribution is -0.303. The summed E-state index contributed by atoms with van der Waals surface area (Å²) in [6.07, 6.45) is -3.56. The molecule has 2 fully saturated rings. The maximum atomic E-state index is 11.0. The van der Waals surface area contributed by atoms with E-state index in [0.29, 0.717) is 18.6 Å². The highest BCUT2D eigenvalue weighted by Gasteiger charge is 2.50. The van der Waals surface area contributed by atoms with Crippen molar-refractivity contribution in [2.75, 3.05) is 20.2 Å². The second kappa shape index (κ2) is 9.93. The Kier molecular flexibility index (Phi) is 7.92. The van der Waals surface area contributed by atoms with Crippen molar-refractivity contribution >= 4 is 0 Å². The van der Waals surface area contributed by atoms with E-state index in [1.54, 1.807) is 20.0 Å². The molecule has 0 radical (unpaired) electrons. The largest absolute Gasteiger partial charge is 0.467 e. The van der Waals surface area contributed by atoms with Gasteiger partial charge in [-0.1, -0.05) is 0 Å². The Morgan fingerprint density at radius 2 is 1.71 bits per heavy atom. The van der Waals surface area contributed by atoms with Gasteiger partial charge >= 0.3 is 0 Å². The molecule has 0 amide bonds. The van der Waals surface area contributed by atoms with Gasteiger partial charge in [0.1, 0.15) is 35.8 Å². The van der Waals surface area contributed by atoms with Crippen LogP contribution in [0.25, 0.3) is 0 Å². The summed E-state index contributed by atoms with van der Waals surface area (Å²) in [5.74, 6) is 0.555. The predicted molar refractivity (Wildman–Crippen MR) is 110 cm³/mol. The number of aliphatic hydroxyl groups is 3. The van der Waals surface area contributed by atoms with Crippen LogP contribution in [-0.2, 0) is 18.9 Å². The van der Waals surface area contributed by atoms with Gasteiger partial charge in [0.2, 0.25) is 6.29 Å². The zero-order valence-electron chi connectivity index (χ0n) is 18.0. The lowest BCUT2D eigenvalue weighted by Gasteiger charge is -2.48. The summed E-state index contributed by atoms with van der Waals surface area (Å²) in [4.78, 5) is 0. The first kappa shape index (κ1) is 24.7. The fraction of sp³-hybridized carbons (Fsp3) is 0.895. The number of hydrogen-bond acceptors (Lipinski definition) is 12. The molecule has 12 N–H and O–H groups in total. The smallest absolute Gasteiger partial charge is 0.215 e. The molecule has 11 atom stereocenters. The molecule has 180 valence electrons. The molecule has 0 aromatic heterocycles. The highest BCUT2D eigenvalue weighted by molar-refractivity contribution is 5.04. The van der Waals surface area contributed by atoms with Gasteiger partial charge in [-0.2, -0.15) is 0 Å². The molecule has 1 aliphatic carbocycles. The molecular weight excluding hydrogens is 410 g/mol. The number of aliphatic hydroxyl groups excluding tert-OH is 2. The Labute approximate surface area is 181 Å². The first-order valence-corrected chi connectivity index (χ1v) is 10.6. The summed E-state index contributed by atoms with van der Waals surface area (Å²) < 4.78 is 23.1. The summed E-state index contributed by atoms with van der Waals surface area (Å²) in [5.41, 5.74) is 22.9. The second-order valence-electron chi connectivity index (χ2n) is 8.81. The summed E-state index contributed by atoms with van der Waals surface area (Å²) in [5, 5.41) is 34.9. The number of nitrogens with two attached hydrogens (primary N) is 4. The maximum Gasteiger partial charge on any atom is 0.215 e. The van der Waals surface area contributed by atoms with Gasteiger partial charge in [-0.25, -0.2) is 0 Å². The minimum atomic E-state index is -1.29. The molecule has 1 saturated carbocycles. The lowest BCUT2D eigenvalue weighted by Crippen LogP contribution is -2.68. The molecule has 1 saturated heterocycles. The molecule has 0 spiro atoms. The lowest BCUT2D eigenvalue weighted by atomic mass is 9.84. The molecule has 2 heterocycles. The second-order valence-corrected chi connectivity index (χ2v) is 8.81. The van der Waals surface area contributed by atoms with E-state index >= 15 is 0 Å². The van der Waals surface area contributed by atoms with Crippen LogP contribution in [0.4, 0.5) is 0 Å². The van der Waals surface area contributed by atoms with E-state index in [1.165, 1.54) is 0 Å². The van der Waals surface area contributed by atoms with Crippen LogP contribution >= 0.6 is 0 Å². The zero-order valence-corrected chi connectivity index (χ0v) is 18.0. The van der Waals surface area contributed by atoms with Crippen molar-refractivity contribution in [3.05, 3.63) is 11.8 Å². The van der Waals surface area contributed by atoms with Crippen LogP contribution < -0.4 is 28.3 Å². The quantitative estimate of drug-likeness (QED) is 0.196. The van der Waals surface area contributed by atoms with Crippen molar-refractivity contribution in [3.63, 3.8) is 0 Å². The van der Waals surface area contributed by atoms with Crippen molar-refractivity contribution in [1.29, 1.82) is 0 Å².